The number of aromatic nitrogens is 1. The second kappa shape index (κ2) is 4.61. The molecule has 0 unspecified atom stereocenters. The second-order valence-corrected chi connectivity index (χ2v) is 5.27. The van der Waals surface area contributed by atoms with Gasteiger partial charge in [-0.05, 0) is 28.5 Å². The SMILES string of the molecule is C(=C1/CC[n+]2ccccc21)/c1cccc2ccccc12. The zero-order valence-corrected chi connectivity index (χ0v) is 11.3. The van der Waals surface area contributed by atoms with Gasteiger partial charge in [-0.3, -0.25) is 0 Å². The molecule has 20 heavy (non-hydrogen) atoms. The molecule has 0 bridgehead atoms. The van der Waals surface area contributed by atoms with E-state index in [1.54, 1.807) is 0 Å². The van der Waals surface area contributed by atoms with Gasteiger partial charge in [0, 0.05) is 24.1 Å². The highest BCUT2D eigenvalue weighted by Gasteiger charge is 2.22. The molecule has 4 rings (SSSR count). The lowest BCUT2D eigenvalue weighted by Gasteiger charge is -2.02. The largest absolute Gasteiger partial charge is 0.208 e. The average Bonchev–Trinajstić information content (AvgIpc) is 2.91. The van der Waals surface area contributed by atoms with Crippen molar-refractivity contribution >= 4 is 22.4 Å². The number of benzene rings is 2. The molecule has 2 aromatic carbocycles. The first-order chi connectivity index (χ1) is 9.92. The number of allylic oxidation sites excluding steroid dienone is 1. The standard InChI is InChI=1S/C19H16N/c1-2-9-18-15(6-1)7-5-8-16(18)14-17-11-13-20-12-4-3-10-19(17)20/h1-10,12,14H,11,13H2/q+1/b17-14+. The minimum absolute atomic E-state index is 1.09. The molecule has 1 heteroatoms. The van der Waals surface area contributed by atoms with Crippen LogP contribution in [0.4, 0.5) is 0 Å². The first-order valence-electron chi connectivity index (χ1n) is 7.09. The fourth-order valence-electron chi connectivity index (χ4n) is 3.04. The molecule has 0 N–H and O–H groups in total. The van der Waals surface area contributed by atoms with Gasteiger partial charge in [-0.25, -0.2) is 0 Å². The Bertz CT molecular complexity index is 809. The highest BCUT2D eigenvalue weighted by Crippen LogP contribution is 2.27. The molecule has 1 aliphatic heterocycles. The fourth-order valence-corrected chi connectivity index (χ4v) is 3.04. The minimum Gasteiger partial charge on any atom is -0.198 e. The van der Waals surface area contributed by atoms with E-state index in [4.69, 9.17) is 0 Å². The van der Waals surface area contributed by atoms with Gasteiger partial charge in [0.2, 0.25) is 5.69 Å². The molecule has 0 atom stereocenters. The van der Waals surface area contributed by atoms with Gasteiger partial charge < -0.3 is 0 Å². The van der Waals surface area contributed by atoms with Gasteiger partial charge in [0.25, 0.3) is 0 Å². The van der Waals surface area contributed by atoms with Gasteiger partial charge in [-0.1, -0.05) is 42.5 Å². The molecule has 0 fully saturated rings. The van der Waals surface area contributed by atoms with Crippen LogP contribution in [0.15, 0.2) is 66.9 Å². The summed E-state index contributed by atoms with van der Waals surface area (Å²) in [5.74, 6) is 0. The number of aryl methyl sites for hydroxylation is 1. The normalized spacial score (nSPS) is 15.7. The molecular formula is C19H16N+. The summed E-state index contributed by atoms with van der Waals surface area (Å²) in [5, 5.41) is 2.64. The highest BCUT2D eigenvalue weighted by molar-refractivity contribution is 5.94. The van der Waals surface area contributed by atoms with Crippen molar-refractivity contribution in [2.75, 3.05) is 0 Å². The lowest BCUT2D eigenvalue weighted by molar-refractivity contribution is -0.689. The Hall–Kier alpha value is -2.41. The van der Waals surface area contributed by atoms with Crippen molar-refractivity contribution in [1.29, 1.82) is 0 Å². The van der Waals surface area contributed by atoms with Crippen molar-refractivity contribution in [3.05, 3.63) is 78.1 Å². The molecule has 1 nitrogen and oxygen atoms in total. The van der Waals surface area contributed by atoms with Crippen molar-refractivity contribution in [3.63, 3.8) is 0 Å². The van der Waals surface area contributed by atoms with Gasteiger partial charge in [0.05, 0.1) is 0 Å². The van der Waals surface area contributed by atoms with E-state index >= 15 is 0 Å². The van der Waals surface area contributed by atoms with E-state index in [-0.39, 0.29) is 0 Å². The summed E-state index contributed by atoms with van der Waals surface area (Å²) >= 11 is 0. The summed E-state index contributed by atoms with van der Waals surface area (Å²) < 4.78 is 2.33. The quantitative estimate of drug-likeness (QED) is 0.579. The fraction of sp³-hybridized carbons (Fsp3) is 0.105. The number of fused-ring (bicyclic) bond motifs is 2. The molecule has 0 saturated carbocycles. The van der Waals surface area contributed by atoms with E-state index in [0.29, 0.717) is 0 Å². The van der Waals surface area contributed by atoms with Crippen LogP contribution in [0.3, 0.4) is 0 Å². The first kappa shape index (κ1) is 11.4. The van der Waals surface area contributed by atoms with Crippen LogP contribution in [0.2, 0.25) is 0 Å². The Morgan fingerprint density at radius 1 is 0.850 bits per heavy atom. The van der Waals surface area contributed by atoms with Gasteiger partial charge in [-0.15, -0.1) is 0 Å². The summed E-state index contributed by atoms with van der Waals surface area (Å²) in [6.45, 7) is 1.09. The molecule has 0 amide bonds. The van der Waals surface area contributed by atoms with Gasteiger partial charge >= 0.3 is 0 Å². The number of nitrogens with zero attached hydrogens (tertiary/aromatic N) is 1. The van der Waals surface area contributed by atoms with Crippen LogP contribution in [0, 0.1) is 0 Å². The molecule has 0 saturated heterocycles. The van der Waals surface area contributed by atoms with E-state index in [2.05, 4.69) is 77.5 Å². The van der Waals surface area contributed by atoms with Crippen LogP contribution in [0.25, 0.3) is 22.4 Å². The first-order valence-corrected chi connectivity index (χ1v) is 7.09. The Morgan fingerprint density at radius 3 is 2.70 bits per heavy atom. The third-order valence-electron chi connectivity index (χ3n) is 4.04. The maximum absolute atomic E-state index is 2.35. The van der Waals surface area contributed by atoms with E-state index in [1.807, 2.05) is 0 Å². The molecule has 2 heterocycles. The molecule has 0 aliphatic carbocycles. The van der Waals surface area contributed by atoms with Crippen LogP contribution in [0.5, 0.6) is 0 Å². The van der Waals surface area contributed by atoms with Gasteiger partial charge in [-0.2, -0.15) is 4.57 Å². The highest BCUT2D eigenvalue weighted by atomic mass is 15.0. The van der Waals surface area contributed by atoms with Crippen molar-refractivity contribution in [1.82, 2.24) is 0 Å². The van der Waals surface area contributed by atoms with Crippen LogP contribution in [-0.2, 0) is 6.54 Å². The minimum atomic E-state index is 1.09. The van der Waals surface area contributed by atoms with Crippen molar-refractivity contribution in [2.45, 2.75) is 13.0 Å². The number of rotatable bonds is 1. The third kappa shape index (κ3) is 1.83. The monoisotopic (exact) mass is 258 g/mol. The summed E-state index contributed by atoms with van der Waals surface area (Å²) in [6, 6.07) is 21.5. The van der Waals surface area contributed by atoms with Crippen LogP contribution in [0.1, 0.15) is 17.7 Å². The molecule has 1 aliphatic rings. The topological polar surface area (TPSA) is 3.88 Å². The zero-order valence-electron chi connectivity index (χ0n) is 11.3. The number of hydrogen-bond donors (Lipinski definition) is 0. The van der Waals surface area contributed by atoms with Crippen LogP contribution in [-0.4, -0.2) is 0 Å². The van der Waals surface area contributed by atoms with E-state index in [0.717, 1.165) is 13.0 Å². The zero-order chi connectivity index (χ0) is 13.4. The van der Waals surface area contributed by atoms with E-state index in [9.17, 15) is 0 Å². The van der Waals surface area contributed by atoms with Gasteiger partial charge in [0.1, 0.15) is 0 Å². The Kier molecular flexibility index (Phi) is 2.63. The van der Waals surface area contributed by atoms with Crippen molar-refractivity contribution in [2.24, 2.45) is 0 Å². The summed E-state index contributed by atoms with van der Waals surface area (Å²) in [6.07, 6.45) is 5.63. The van der Waals surface area contributed by atoms with Crippen LogP contribution < -0.4 is 4.57 Å². The third-order valence-corrected chi connectivity index (χ3v) is 4.04. The maximum Gasteiger partial charge on any atom is 0.208 e. The molecular weight excluding hydrogens is 242 g/mol. The summed E-state index contributed by atoms with van der Waals surface area (Å²) in [7, 11) is 0. The molecule has 96 valence electrons. The van der Waals surface area contributed by atoms with E-state index < -0.39 is 0 Å². The molecule has 0 radical (unpaired) electrons. The summed E-state index contributed by atoms with van der Waals surface area (Å²) in [4.78, 5) is 0. The molecule has 1 aromatic heterocycles. The van der Waals surface area contributed by atoms with Crippen molar-refractivity contribution < 1.29 is 4.57 Å². The predicted octanol–water partition coefficient (Wildman–Crippen LogP) is 4.07. The van der Waals surface area contributed by atoms with Crippen LogP contribution >= 0.6 is 0 Å². The maximum atomic E-state index is 2.35. The van der Waals surface area contributed by atoms with E-state index in [1.165, 1.54) is 27.6 Å². The Labute approximate surface area is 118 Å². The Balaban J connectivity index is 1.88. The lowest BCUT2D eigenvalue weighted by atomic mass is 10.0. The predicted molar refractivity (Wildman–Crippen MR) is 83.1 cm³/mol. The van der Waals surface area contributed by atoms with Gasteiger partial charge in [0.15, 0.2) is 12.7 Å². The number of pyridine rings is 1. The Morgan fingerprint density at radius 2 is 1.70 bits per heavy atom. The van der Waals surface area contributed by atoms with Crippen molar-refractivity contribution in [3.8, 4) is 0 Å². The lowest BCUT2D eigenvalue weighted by Crippen LogP contribution is -2.31. The number of hydrogen-bond acceptors (Lipinski definition) is 0. The summed E-state index contributed by atoms with van der Waals surface area (Å²) in [5.41, 5.74) is 4.10. The molecule has 0 spiro atoms. The second-order valence-electron chi connectivity index (χ2n) is 5.27. The smallest absolute Gasteiger partial charge is 0.198 e. The molecule has 3 aromatic rings. The average molecular weight is 258 g/mol.